The van der Waals surface area contributed by atoms with Gasteiger partial charge in [-0.1, -0.05) is 6.07 Å². The first-order valence-corrected chi connectivity index (χ1v) is 9.81. The van der Waals surface area contributed by atoms with Gasteiger partial charge in [-0.2, -0.15) is 8.78 Å². The normalized spacial score (nSPS) is 11.0. The maximum Gasteiger partial charge on any atom is 0.387 e. The molecule has 1 N–H and O–H groups in total. The van der Waals surface area contributed by atoms with E-state index in [2.05, 4.69) is 4.74 Å². The number of benzene rings is 2. The molecule has 0 saturated heterocycles. The number of imide groups is 1. The van der Waals surface area contributed by atoms with Crippen molar-refractivity contribution in [2.24, 2.45) is 0 Å². The van der Waals surface area contributed by atoms with Crippen molar-refractivity contribution in [2.75, 3.05) is 12.9 Å². The van der Waals surface area contributed by atoms with Crippen LogP contribution in [0.15, 0.2) is 53.4 Å². The van der Waals surface area contributed by atoms with Crippen molar-refractivity contribution in [3.05, 3.63) is 59.7 Å². The topological polar surface area (TPSA) is 116 Å². The predicted molar refractivity (Wildman–Crippen MR) is 95.4 cm³/mol. The Bertz CT molecular complexity index is 1020. The molecule has 0 saturated carbocycles. The summed E-state index contributed by atoms with van der Waals surface area (Å²) in [5.74, 6) is -2.89. The van der Waals surface area contributed by atoms with Gasteiger partial charge >= 0.3 is 12.6 Å². The Labute approximate surface area is 164 Å². The molecule has 0 radical (unpaired) electrons. The fraction of sp³-hybridized carbons (Fsp3) is 0.167. The lowest BCUT2D eigenvalue weighted by molar-refractivity contribution is -0.123. The summed E-state index contributed by atoms with van der Waals surface area (Å²) in [6, 6.07) is 9.65. The third-order valence-electron chi connectivity index (χ3n) is 3.43. The molecule has 0 bridgehead atoms. The summed E-state index contributed by atoms with van der Waals surface area (Å²) >= 11 is 0. The summed E-state index contributed by atoms with van der Waals surface area (Å²) in [4.78, 5) is 35.6. The molecule has 0 heterocycles. The smallest absolute Gasteiger partial charge is 0.387 e. The lowest BCUT2D eigenvalue weighted by atomic mass is 10.2. The SMILES string of the molecule is CS(=O)(=O)c1cccc(C(=O)OCC(=O)NC(=O)c2ccc(OC(F)F)cc2)c1. The molecular formula is C18H15F2NO7S. The van der Waals surface area contributed by atoms with Crippen LogP contribution in [-0.2, 0) is 19.4 Å². The van der Waals surface area contributed by atoms with Crippen molar-refractivity contribution in [3.8, 4) is 5.75 Å². The molecule has 0 aliphatic carbocycles. The van der Waals surface area contributed by atoms with Crippen LogP contribution in [-0.4, -0.2) is 45.7 Å². The van der Waals surface area contributed by atoms with Crippen LogP contribution in [0.25, 0.3) is 0 Å². The van der Waals surface area contributed by atoms with E-state index in [9.17, 15) is 31.6 Å². The van der Waals surface area contributed by atoms with E-state index in [1.165, 1.54) is 30.3 Å². The summed E-state index contributed by atoms with van der Waals surface area (Å²) in [7, 11) is -3.53. The van der Waals surface area contributed by atoms with Gasteiger partial charge in [0.25, 0.3) is 11.8 Å². The largest absolute Gasteiger partial charge is 0.452 e. The van der Waals surface area contributed by atoms with E-state index < -0.39 is 40.8 Å². The number of carbonyl (C=O) groups is 3. The van der Waals surface area contributed by atoms with Gasteiger partial charge < -0.3 is 9.47 Å². The molecule has 2 rings (SSSR count). The summed E-state index contributed by atoms with van der Waals surface area (Å²) in [6.07, 6.45) is 0.975. The maximum atomic E-state index is 12.1. The van der Waals surface area contributed by atoms with Crippen molar-refractivity contribution < 1.29 is 41.1 Å². The highest BCUT2D eigenvalue weighted by molar-refractivity contribution is 7.90. The number of sulfone groups is 1. The zero-order chi connectivity index (χ0) is 21.6. The third-order valence-corrected chi connectivity index (χ3v) is 4.54. The Morgan fingerprint density at radius 2 is 1.69 bits per heavy atom. The molecule has 154 valence electrons. The van der Waals surface area contributed by atoms with Crippen LogP contribution < -0.4 is 10.1 Å². The average Bonchev–Trinajstić information content (AvgIpc) is 2.65. The van der Waals surface area contributed by atoms with Gasteiger partial charge in [-0.25, -0.2) is 13.2 Å². The first-order valence-electron chi connectivity index (χ1n) is 7.92. The van der Waals surface area contributed by atoms with Crippen molar-refractivity contribution in [1.82, 2.24) is 5.32 Å². The molecule has 0 aliphatic heterocycles. The van der Waals surface area contributed by atoms with Crippen molar-refractivity contribution in [2.45, 2.75) is 11.5 Å². The Hall–Kier alpha value is -3.34. The summed E-state index contributed by atoms with van der Waals surface area (Å²) in [5.41, 5.74) is -0.0891. The lowest BCUT2D eigenvalue weighted by Crippen LogP contribution is -2.34. The molecule has 8 nitrogen and oxygen atoms in total. The highest BCUT2D eigenvalue weighted by Crippen LogP contribution is 2.15. The third kappa shape index (κ3) is 6.64. The second kappa shape index (κ2) is 9.24. The van der Waals surface area contributed by atoms with Crippen LogP contribution in [0.2, 0.25) is 0 Å². The molecule has 0 fully saturated rings. The van der Waals surface area contributed by atoms with E-state index in [4.69, 9.17) is 4.74 Å². The van der Waals surface area contributed by atoms with E-state index in [1.54, 1.807) is 0 Å². The number of nitrogens with one attached hydrogen (secondary N) is 1. The quantitative estimate of drug-likeness (QED) is 0.670. The second-order valence-corrected chi connectivity index (χ2v) is 7.67. The zero-order valence-corrected chi connectivity index (χ0v) is 15.7. The number of ether oxygens (including phenoxy) is 2. The van der Waals surface area contributed by atoms with Gasteiger partial charge in [0, 0.05) is 11.8 Å². The van der Waals surface area contributed by atoms with Crippen LogP contribution in [0.1, 0.15) is 20.7 Å². The van der Waals surface area contributed by atoms with E-state index in [0.717, 1.165) is 24.5 Å². The molecule has 0 aromatic heterocycles. The minimum atomic E-state index is -3.53. The highest BCUT2D eigenvalue weighted by atomic mass is 32.2. The molecular weight excluding hydrogens is 412 g/mol. The minimum absolute atomic E-state index is 0.00727. The monoisotopic (exact) mass is 427 g/mol. The first kappa shape index (κ1) is 22.0. The van der Waals surface area contributed by atoms with E-state index in [1.807, 2.05) is 5.32 Å². The van der Waals surface area contributed by atoms with Gasteiger partial charge in [0.1, 0.15) is 5.75 Å². The number of carbonyl (C=O) groups excluding carboxylic acids is 3. The van der Waals surface area contributed by atoms with E-state index >= 15 is 0 Å². The van der Waals surface area contributed by atoms with Gasteiger partial charge in [0.05, 0.1) is 10.5 Å². The number of hydrogen-bond acceptors (Lipinski definition) is 7. The van der Waals surface area contributed by atoms with Crippen LogP contribution in [0.3, 0.4) is 0 Å². The molecule has 2 aromatic rings. The number of amides is 2. The fourth-order valence-corrected chi connectivity index (χ4v) is 2.76. The molecule has 0 spiro atoms. The number of hydrogen-bond donors (Lipinski definition) is 1. The minimum Gasteiger partial charge on any atom is -0.452 e. The Morgan fingerprint density at radius 1 is 1.03 bits per heavy atom. The molecule has 0 aliphatic rings. The van der Waals surface area contributed by atoms with E-state index in [0.29, 0.717) is 0 Å². The van der Waals surface area contributed by atoms with E-state index in [-0.39, 0.29) is 21.8 Å². The predicted octanol–water partition coefficient (Wildman–Crippen LogP) is 1.80. The lowest BCUT2D eigenvalue weighted by Gasteiger charge is -2.08. The summed E-state index contributed by atoms with van der Waals surface area (Å²) < 4.78 is 56.1. The molecule has 29 heavy (non-hydrogen) atoms. The molecule has 0 atom stereocenters. The Kier molecular flexibility index (Phi) is 6.99. The van der Waals surface area contributed by atoms with Crippen molar-refractivity contribution in [1.29, 1.82) is 0 Å². The van der Waals surface area contributed by atoms with Gasteiger partial charge in [0.15, 0.2) is 16.4 Å². The molecule has 2 amide bonds. The second-order valence-electron chi connectivity index (χ2n) is 5.66. The van der Waals surface area contributed by atoms with Gasteiger partial charge in [0.2, 0.25) is 0 Å². The number of rotatable bonds is 7. The molecule has 2 aromatic carbocycles. The van der Waals surface area contributed by atoms with Crippen LogP contribution in [0, 0.1) is 0 Å². The van der Waals surface area contributed by atoms with Crippen LogP contribution in [0.4, 0.5) is 8.78 Å². The van der Waals surface area contributed by atoms with Gasteiger partial charge in [-0.3, -0.25) is 14.9 Å². The number of alkyl halides is 2. The summed E-state index contributed by atoms with van der Waals surface area (Å²) in [6.45, 7) is -3.80. The molecule has 11 heteroatoms. The Morgan fingerprint density at radius 3 is 2.28 bits per heavy atom. The zero-order valence-electron chi connectivity index (χ0n) is 14.9. The standard InChI is InChI=1S/C18H15F2NO7S/c1-29(25,26)14-4-2-3-12(9-14)17(24)27-10-15(22)21-16(23)11-5-7-13(8-6-11)28-18(19)20/h2-9,18H,10H2,1H3,(H,21,22,23). The van der Waals surface area contributed by atoms with Gasteiger partial charge in [-0.15, -0.1) is 0 Å². The van der Waals surface area contributed by atoms with Crippen molar-refractivity contribution >= 4 is 27.6 Å². The van der Waals surface area contributed by atoms with Crippen LogP contribution >= 0.6 is 0 Å². The number of esters is 1. The van der Waals surface area contributed by atoms with Crippen molar-refractivity contribution in [3.63, 3.8) is 0 Å². The Balaban J connectivity index is 1.91. The number of halogens is 2. The fourth-order valence-electron chi connectivity index (χ4n) is 2.09. The maximum absolute atomic E-state index is 12.1. The summed E-state index contributed by atoms with van der Waals surface area (Å²) in [5, 5.41) is 1.96. The first-order chi connectivity index (χ1) is 13.6. The van der Waals surface area contributed by atoms with Gasteiger partial charge in [-0.05, 0) is 42.5 Å². The highest BCUT2D eigenvalue weighted by Gasteiger charge is 2.16. The average molecular weight is 427 g/mol. The molecule has 0 unspecified atom stereocenters. The van der Waals surface area contributed by atoms with Crippen LogP contribution in [0.5, 0.6) is 5.75 Å².